The van der Waals surface area contributed by atoms with Crippen molar-refractivity contribution < 1.29 is 4.42 Å². The first-order valence-electron chi connectivity index (χ1n) is 19.5. The fourth-order valence-corrected chi connectivity index (χ4v) is 8.69. The van der Waals surface area contributed by atoms with Crippen molar-refractivity contribution in [2.75, 3.05) is 0 Å². The van der Waals surface area contributed by atoms with Crippen LogP contribution in [0.25, 0.3) is 116 Å². The van der Waals surface area contributed by atoms with Crippen molar-refractivity contribution in [1.29, 1.82) is 0 Å². The van der Waals surface area contributed by atoms with E-state index in [1.54, 1.807) is 0 Å². The molecule has 0 aliphatic carbocycles. The smallest absolute Gasteiger partial charge is 0.164 e. The Bertz CT molecular complexity index is 3580. The highest BCUT2D eigenvalue weighted by molar-refractivity contribution is 6.15. The Balaban J connectivity index is 1.16. The van der Waals surface area contributed by atoms with Crippen LogP contribution < -0.4 is 0 Å². The maximum absolute atomic E-state index is 6.46. The van der Waals surface area contributed by atoms with Crippen LogP contribution >= 0.6 is 0 Å². The molecule has 9 aromatic carbocycles. The summed E-state index contributed by atoms with van der Waals surface area (Å²) >= 11 is 0. The standard InChI is InChI=1S/C53H32N4O/c1-2-14-34(15-3-1)51-54-52(38-26-25-33-13-4-5-16-35(33)29-38)56-53(55-51)42-28-27-39(32-44(42)41-21-12-24-49-50(41)43-20-9-11-23-48(43)58-49)57-46-22-10-8-19-40(46)45-30-36-17-6-7-18-37(36)31-47(45)57/h1-32H. The molecule has 0 radical (unpaired) electrons. The van der Waals surface area contributed by atoms with Crippen LogP contribution in [0.4, 0.5) is 0 Å². The fraction of sp³-hybridized carbons (Fsp3) is 0. The number of benzene rings is 9. The summed E-state index contributed by atoms with van der Waals surface area (Å²) < 4.78 is 8.85. The Labute approximate surface area is 333 Å². The van der Waals surface area contributed by atoms with Gasteiger partial charge in [-0.1, -0.05) is 140 Å². The van der Waals surface area contributed by atoms with E-state index in [9.17, 15) is 0 Å². The molecule has 0 amide bonds. The summed E-state index contributed by atoms with van der Waals surface area (Å²) in [6.45, 7) is 0. The molecule has 270 valence electrons. The molecule has 12 rings (SSSR count). The molecule has 0 aliphatic heterocycles. The van der Waals surface area contributed by atoms with Gasteiger partial charge in [-0.2, -0.15) is 0 Å². The van der Waals surface area contributed by atoms with Crippen LogP contribution in [0.1, 0.15) is 0 Å². The summed E-state index contributed by atoms with van der Waals surface area (Å²) in [7, 11) is 0. The molecule has 5 nitrogen and oxygen atoms in total. The molecule has 0 atom stereocenters. The third-order valence-corrected chi connectivity index (χ3v) is 11.4. The Hall–Kier alpha value is -7.89. The minimum atomic E-state index is 0.594. The maximum Gasteiger partial charge on any atom is 0.164 e. The van der Waals surface area contributed by atoms with E-state index in [-0.39, 0.29) is 0 Å². The topological polar surface area (TPSA) is 56.7 Å². The van der Waals surface area contributed by atoms with Crippen LogP contribution in [-0.4, -0.2) is 19.5 Å². The first-order valence-corrected chi connectivity index (χ1v) is 19.5. The minimum Gasteiger partial charge on any atom is -0.456 e. The zero-order chi connectivity index (χ0) is 38.2. The summed E-state index contributed by atoms with van der Waals surface area (Å²) in [6, 6.07) is 68.1. The van der Waals surface area contributed by atoms with Crippen LogP contribution in [0.2, 0.25) is 0 Å². The summed E-state index contributed by atoms with van der Waals surface area (Å²) in [6.07, 6.45) is 0. The number of rotatable bonds is 5. The molecule has 58 heavy (non-hydrogen) atoms. The van der Waals surface area contributed by atoms with Crippen molar-refractivity contribution in [3.05, 3.63) is 194 Å². The first kappa shape index (κ1) is 32.4. The highest BCUT2D eigenvalue weighted by atomic mass is 16.3. The lowest BCUT2D eigenvalue weighted by Crippen LogP contribution is -2.02. The molecule has 0 fully saturated rings. The number of nitrogens with zero attached hydrogens (tertiary/aromatic N) is 4. The number of para-hydroxylation sites is 2. The van der Waals surface area contributed by atoms with Gasteiger partial charge in [-0.25, -0.2) is 15.0 Å². The van der Waals surface area contributed by atoms with E-state index < -0.39 is 0 Å². The van der Waals surface area contributed by atoms with E-state index in [2.05, 4.69) is 168 Å². The number of aromatic nitrogens is 4. The van der Waals surface area contributed by atoms with Crippen molar-refractivity contribution in [2.45, 2.75) is 0 Å². The summed E-state index contributed by atoms with van der Waals surface area (Å²) in [4.78, 5) is 15.6. The molecule has 0 saturated carbocycles. The molecule has 0 N–H and O–H groups in total. The van der Waals surface area contributed by atoms with E-state index in [1.165, 1.54) is 26.9 Å². The van der Waals surface area contributed by atoms with Crippen LogP contribution in [0.3, 0.4) is 0 Å². The number of fused-ring (bicyclic) bond motifs is 8. The van der Waals surface area contributed by atoms with Gasteiger partial charge in [-0.15, -0.1) is 0 Å². The molecule has 0 unspecified atom stereocenters. The Morgan fingerprint density at radius 1 is 0.345 bits per heavy atom. The highest BCUT2D eigenvalue weighted by Crippen LogP contribution is 2.43. The van der Waals surface area contributed by atoms with Gasteiger partial charge in [-0.05, 0) is 87.3 Å². The molecule has 0 spiro atoms. The van der Waals surface area contributed by atoms with Crippen LogP contribution in [0.5, 0.6) is 0 Å². The third-order valence-electron chi connectivity index (χ3n) is 11.4. The zero-order valence-corrected chi connectivity index (χ0v) is 31.2. The van der Waals surface area contributed by atoms with Crippen LogP contribution in [-0.2, 0) is 0 Å². The van der Waals surface area contributed by atoms with E-state index in [4.69, 9.17) is 19.4 Å². The predicted molar refractivity (Wildman–Crippen MR) is 238 cm³/mol. The molecule has 0 saturated heterocycles. The van der Waals surface area contributed by atoms with Crippen LogP contribution in [0, 0.1) is 0 Å². The summed E-state index contributed by atoms with van der Waals surface area (Å²) in [5.41, 5.74) is 9.80. The molecule has 3 heterocycles. The molecule has 3 aromatic heterocycles. The van der Waals surface area contributed by atoms with Gasteiger partial charge < -0.3 is 8.98 Å². The van der Waals surface area contributed by atoms with E-state index in [0.29, 0.717) is 17.5 Å². The number of hydrogen-bond donors (Lipinski definition) is 0. The molecule has 0 aliphatic rings. The second-order valence-corrected chi connectivity index (χ2v) is 14.8. The van der Waals surface area contributed by atoms with Crippen molar-refractivity contribution in [1.82, 2.24) is 19.5 Å². The molecule has 5 heteroatoms. The molecular weight excluding hydrogens is 709 g/mol. The highest BCUT2D eigenvalue weighted by Gasteiger charge is 2.22. The van der Waals surface area contributed by atoms with Gasteiger partial charge >= 0.3 is 0 Å². The number of hydrogen-bond acceptors (Lipinski definition) is 4. The second-order valence-electron chi connectivity index (χ2n) is 14.8. The largest absolute Gasteiger partial charge is 0.456 e. The fourth-order valence-electron chi connectivity index (χ4n) is 8.69. The quantitative estimate of drug-likeness (QED) is 0.176. The van der Waals surface area contributed by atoms with Gasteiger partial charge in [0.15, 0.2) is 17.5 Å². The lowest BCUT2D eigenvalue weighted by Gasteiger charge is -2.16. The first-order chi connectivity index (χ1) is 28.7. The van der Waals surface area contributed by atoms with Crippen molar-refractivity contribution in [2.24, 2.45) is 0 Å². The predicted octanol–water partition coefficient (Wildman–Crippen LogP) is 13.8. The lowest BCUT2D eigenvalue weighted by molar-refractivity contribution is 0.669. The minimum absolute atomic E-state index is 0.594. The maximum atomic E-state index is 6.46. The monoisotopic (exact) mass is 740 g/mol. The third kappa shape index (κ3) is 5.14. The van der Waals surface area contributed by atoms with Crippen molar-refractivity contribution in [3.8, 4) is 51.0 Å². The van der Waals surface area contributed by atoms with Gasteiger partial charge in [0.1, 0.15) is 11.2 Å². The molecule has 0 bridgehead atoms. The summed E-state index contributed by atoms with van der Waals surface area (Å²) in [5, 5.41) is 9.26. The van der Waals surface area contributed by atoms with Gasteiger partial charge in [0.05, 0.1) is 11.0 Å². The zero-order valence-electron chi connectivity index (χ0n) is 31.2. The Morgan fingerprint density at radius 3 is 1.84 bits per heavy atom. The SMILES string of the molecule is c1ccc(-c2nc(-c3ccc4ccccc4c3)nc(-c3ccc(-n4c5ccccc5c5cc6ccccc6cc54)cc3-c3cccc4oc5ccccc5c34)n2)cc1. The average molecular weight is 741 g/mol. The number of furan rings is 1. The Kier molecular flexibility index (Phi) is 7.16. The average Bonchev–Trinajstić information content (AvgIpc) is 3.83. The van der Waals surface area contributed by atoms with Gasteiger partial charge in [-0.3, -0.25) is 0 Å². The Morgan fingerprint density at radius 2 is 1.00 bits per heavy atom. The molecular formula is C53H32N4O. The van der Waals surface area contributed by atoms with E-state index in [1.807, 2.05) is 30.3 Å². The van der Waals surface area contributed by atoms with Gasteiger partial charge in [0, 0.05) is 43.9 Å². The van der Waals surface area contributed by atoms with Gasteiger partial charge in [0.2, 0.25) is 0 Å². The molecule has 12 aromatic rings. The van der Waals surface area contributed by atoms with Crippen molar-refractivity contribution in [3.63, 3.8) is 0 Å². The van der Waals surface area contributed by atoms with Gasteiger partial charge in [0.25, 0.3) is 0 Å². The van der Waals surface area contributed by atoms with E-state index >= 15 is 0 Å². The summed E-state index contributed by atoms with van der Waals surface area (Å²) in [5.74, 6) is 1.83. The van der Waals surface area contributed by atoms with E-state index in [0.717, 1.165) is 71.9 Å². The lowest BCUT2D eigenvalue weighted by atomic mass is 9.94. The van der Waals surface area contributed by atoms with Crippen LogP contribution in [0.15, 0.2) is 199 Å². The second kappa shape index (κ2) is 12.8. The van der Waals surface area contributed by atoms with Crippen molar-refractivity contribution >= 4 is 65.3 Å². The normalized spacial score (nSPS) is 11.8.